The molecule has 0 radical (unpaired) electrons. The second-order valence-electron chi connectivity index (χ2n) is 9.51. The summed E-state index contributed by atoms with van der Waals surface area (Å²) in [5.41, 5.74) is 0.431. The van der Waals surface area contributed by atoms with Crippen molar-refractivity contribution in [2.45, 2.75) is 116 Å². The second-order valence-corrected chi connectivity index (χ2v) is 9.51. The van der Waals surface area contributed by atoms with Crippen LogP contribution in [-0.2, 0) is 25.4 Å². The number of fused-ring (bicyclic) bond motifs is 1. The third-order valence-corrected chi connectivity index (χ3v) is 6.85. The van der Waals surface area contributed by atoms with Crippen LogP contribution >= 0.6 is 0 Å². The fraction of sp³-hybridized carbons (Fsp3) is 0.800. The molecule has 0 aliphatic carbocycles. The number of aromatic nitrogens is 4. The van der Waals surface area contributed by atoms with Crippen molar-refractivity contribution in [2.75, 3.05) is 0 Å². The Kier molecular flexibility index (Phi) is 9.57. The number of nitrogens with zero attached hydrogens (tertiary/aromatic N) is 4. The highest BCUT2D eigenvalue weighted by Gasteiger charge is 2.36. The van der Waals surface area contributed by atoms with Gasteiger partial charge in [0.25, 0.3) is 5.56 Å². The first-order valence-electron chi connectivity index (χ1n) is 12.8. The van der Waals surface area contributed by atoms with E-state index in [1.165, 1.54) is 79.8 Å². The van der Waals surface area contributed by atoms with E-state index in [2.05, 4.69) is 11.9 Å². The monoisotopic (exact) mass is 446 g/mol. The molecular weight excluding hydrogens is 404 g/mol. The molecule has 0 amide bonds. The van der Waals surface area contributed by atoms with Gasteiger partial charge in [-0.25, -0.2) is 9.78 Å². The van der Waals surface area contributed by atoms with Gasteiger partial charge in [0.05, 0.1) is 18.5 Å². The van der Waals surface area contributed by atoms with E-state index in [0.717, 1.165) is 19.3 Å². The summed E-state index contributed by atoms with van der Waals surface area (Å²) < 4.78 is 10.4. The van der Waals surface area contributed by atoms with Crippen molar-refractivity contribution in [1.82, 2.24) is 18.7 Å². The van der Waals surface area contributed by atoms with E-state index < -0.39 is 0 Å². The van der Waals surface area contributed by atoms with Crippen LogP contribution in [0.2, 0.25) is 0 Å². The van der Waals surface area contributed by atoms with Gasteiger partial charge in [-0.3, -0.25) is 13.9 Å². The number of hydrogen-bond donors (Lipinski definition) is 0. The minimum Gasteiger partial charge on any atom is -0.370 e. The fourth-order valence-electron chi connectivity index (χ4n) is 4.73. The lowest BCUT2D eigenvalue weighted by molar-refractivity contribution is 0.347. The first-order chi connectivity index (χ1) is 15.5. The summed E-state index contributed by atoms with van der Waals surface area (Å²) in [6.45, 7) is 2.74. The molecular formula is C25H42N4O3. The van der Waals surface area contributed by atoms with Crippen molar-refractivity contribution < 1.29 is 4.74 Å². The van der Waals surface area contributed by atoms with Crippen LogP contribution < -0.4 is 11.2 Å². The fourth-order valence-corrected chi connectivity index (χ4v) is 4.73. The van der Waals surface area contributed by atoms with E-state index in [1.54, 1.807) is 25.0 Å². The van der Waals surface area contributed by atoms with Crippen molar-refractivity contribution in [2.24, 2.45) is 14.1 Å². The summed E-state index contributed by atoms with van der Waals surface area (Å²) in [5.74, 6) is 0. The summed E-state index contributed by atoms with van der Waals surface area (Å²) in [4.78, 5) is 29.4. The zero-order chi connectivity index (χ0) is 22.9. The number of aryl methyl sites for hydroxylation is 2. The van der Waals surface area contributed by atoms with Crippen molar-refractivity contribution >= 4 is 11.2 Å². The van der Waals surface area contributed by atoms with Gasteiger partial charge in [0.1, 0.15) is 0 Å². The van der Waals surface area contributed by atoms with Gasteiger partial charge in [-0.05, 0) is 19.3 Å². The Bertz CT molecular complexity index is 958. The Morgan fingerprint density at radius 3 is 2.03 bits per heavy atom. The van der Waals surface area contributed by atoms with E-state index in [4.69, 9.17) is 4.74 Å². The zero-order valence-corrected chi connectivity index (χ0v) is 20.4. The lowest BCUT2D eigenvalue weighted by Gasteiger charge is -2.08. The van der Waals surface area contributed by atoms with Crippen LogP contribution in [0.3, 0.4) is 0 Å². The van der Waals surface area contributed by atoms with Crippen LogP contribution in [0.5, 0.6) is 0 Å². The third kappa shape index (κ3) is 6.56. The van der Waals surface area contributed by atoms with Gasteiger partial charge in [0.2, 0.25) is 0 Å². The molecule has 1 fully saturated rings. The van der Waals surface area contributed by atoms with Crippen LogP contribution in [0.4, 0.5) is 0 Å². The van der Waals surface area contributed by atoms with Crippen molar-refractivity contribution in [3.63, 3.8) is 0 Å². The minimum absolute atomic E-state index is 0.233. The maximum Gasteiger partial charge on any atom is 0.332 e. The maximum absolute atomic E-state index is 12.7. The first-order valence-corrected chi connectivity index (χ1v) is 12.8. The van der Waals surface area contributed by atoms with Crippen LogP contribution in [0.25, 0.3) is 11.2 Å². The SMILES string of the molecule is CCCCCCCCC1OC1CCCCCCCCn1c(=O)c2c(ncn2C)n(C)c1=O. The molecule has 180 valence electrons. The van der Waals surface area contributed by atoms with E-state index in [1.807, 2.05) is 0 Å². The summed E-state index contributed by atoms with van der Waals surface area (Å²) in [6, 6.07) is 0. The number of ether oxygens (including phenoxy) is 1. The molecule has 0 aromatic carbocycles. The predicted molar refractivity (Wildman–Crippen MR) is 129 cm³/mol. The average molecular weight is 447 g/mol. The first kappa shape index (κ1) is 24.7. The van der Waals surface area contributed by atoms with E-state index >= 15 is 0 Å². The molecule has 0 saturated carbocycles. The standard InChI is InChI=1S/C25H42N4O3/c1-4-5-6-7-10-13-16-20-21(32-20)17-14-11-8-9-12-15-18-29-24(30)22-23(26-19-27(22)2)28(3)25(29)31/h19-21H,4-18H2,1-3H3. The molecule has 3 rings (SSSR count). The molecule has 2 aromatic heterocycles. The molecule has 1 saturated heterocycles. The number of imidazole rings is 1. The molecule has 3 heterocycles. The molecule has 7 nitrogen and oxygen atoms in total. The predicted octanol–water partition coefficient (Wildman–Crippen LogP) is 4.68. The Hall–Kier alpha value is -1.89. The second kappa shape index (κ2) is 12.4. The van der Waals surface area contributed by atoms with Gasteiger partial charge in [0, 0.05) is 20.6 Å². The van der Waals surface area contributed by atoms with Gasteiger partial charge < -0.3 is 9.30 Å². The highest BCUT2D eigenvalue weighted by molar-refractivity contribution is 5.69. The summed E-state index contributed by atoms with van der Waals surface area (Å²) in [6.07, 6.45) is 20.0. The Labute approximate surface area is 191 Å². The summed E-state index contributed by atoms with van der Waals surface area (Å²) in [5, 5.41) is 0. The van der Waals surface area contributed by atoms with Gasteiger partial charge in [-0.2, -0.15) is 0 Å². The lowest BCUT2D eigenvalue weighted by atomic mass is 10.0. The Balaban J connectivity index is 1.24. The molecule has 2 unspecified atom stereocenters. The van der Waals surface area contributed by atoms with Gasteiger partial charge >= 0.3 is 5.69 Å². The van der Waals surface area contributed by atoms with Crippen LogP contribution in [0.1, 0.15) is 96.8 Å². The number of epoxide rings is 1. The third-order valence-electron chi connectivity index (χ3n) is 6.85. The number of unbranched alkanes of at least 4 members (excludes halogenated alkanes) is 10. The molecule has 0 N–H and O–H groups in total. The largest absolute Gasteiger partial charge is 0.370 e. The molecule has 2 aromatic rings. The maximum atomic E-state index is 12.7. The van der Waals surface area contributed by atoms with E-state index in [-0.39, 0.29) is 11.2 Å². The molecule has 1 aliphatic rings. The van der Waals surface area contributed by atoms with E-state index in [9.17, 15) is 9.59 Å². The number of rotatable bonds is 16. The quantitative estimate of drug-likeness (QED) is 0.277. The van der Waals surface area contributed by atoms with Crippen molar-refractivity contribution in [3.05, 3.63) is 27.2 Å². The van der Waals surface area contributed by atoms with Gasteiger partial charge in [-0.1, -0.05) is 77.6 Å². The van der Waals surface area contributed by atoms with Crippen molar-refractivity contribution in [1.29, 1.82) is 0 Å². The smallest absolute Gasteiger partial charge is 0.332 e. The average Bonchev–Trinajstić information content (AvgIpc) is 3.41. The molecule has 2 atom stereocenters. The Morgan fingerprint density at radius 1 is 0.844 bits per heavy atom. The topological polar surface area (TPSA) is 74.3 Å². The van der Waals surface area contributed by atoms with Crippen LogP contribution in [0.15, 0.2) is 15.9 Å². The van der Waals surface area contributed by atoms with Crippen LogP contribution in [-0.4, -0.2) is 30.9 Å². The van der Waals surface area contributed by atoms with Crippen LogP contribution in [0, 0.1) is 0 Å². The summed E-state index contributed by atoms with van der Waals surface area (Å²) >= 11 is 0. The normalized spacial score (nSPS) is 18.0. The molecule has 0 spiro atoms. The van der Waals surface area contributed by atoms with Gasteiger partial charge in [-0.15, -0.1) is 0 Å². The highest BCUT2D eigenvalue weighted by atomic mass is 16.6. The molecule has 0 bridgehead atoms. The molecule has 1 aliphatic heterocycles. The Morgan fingerprint density at radius 2 is 1.41 bits per heavy atom. The zero-order valence-electron chi connectivity index (χ0n) is 20.4. The van der Waals surface area contributed by atoms with Gasteiger partial charge in [0.15, 0.2) is 11.2 Å². The minimum atomic E-state index is -0.277. The number of hydrogen-bond acceptors (Lipinski definition) is 4. The van der Waals surface area contributed by atoms with Crippen molar-refractivity contribution in [3.8, 4) is 0 Å². The molecule has 7 heteroatoms. The van der Waals surface area contributed by atoms with E-state index in [0.29, 0.717) is 29.9 Å². The summed E-state index contributed by atoms with van der Waals surface area (Å²) in [7, 11) is 3.46. The lowest BCUT2D eigenvalue weighted by Crippen LogP contribution is -2.39. The molecule has 32 heavy (non-hydrogen) atoms. The highest BCUT2D eigenvalue weighted by Crippen LogP contribution is 2.31.